The number of pyridine rings is 1. The Labute approximate surface area is 156 Å². The fraction of sp³-hybridized carbons (Fsp3) is 0.389. The summed E-state index contributed by atoms with van der Waals surface area (Å²) in [7, 11) is -2.66. The van der Waals surface area contributed by atoms with Gasteiger partial charge >= 0.3 is 6.18 Å². The number of aromatic nitrogens is 1. The van der Waals surface area contributed by atoms with Gasteiger partial charge in [0.25, 0.3) is 0 Å². The Balaban J connectivity index is 2.78. The van der Waals surface area contributed by atoms with Gasteiger partial charge in [0.2, 0.25) is 5.88 Å². The first-order valence-electron chi connectivity index (χ1n) is 7.90. The first-order valence-corrected chi connectivity index (χ1v) is 9.79. The summed E-state index contributed by atoms with van der Waals surface area (Å²) in [6.07, 6.45) is -3.38. The zero-order valence-corrected chi connectivity index (χ0v) is 16.1. The van der Waals surface area contributed by atoms with Gasteiger partial charge in [-0.05, 0) is 19.4 Å². The standard InChI is InChI=1S/C18H20F3NO4S/c1-17(2,25-3)11-26-16-15(27(4,23)24)14(12-8-6-5-7-9-12)13(10-22-16)18(19,20)21/h5-10H,11H2,1-4H3. The van der Waals surface area contributed by atoms with E-state index in [-0.39, 0.29) is 12.2 Å². The molecule has 0 aliphatic rings. The van der Waals surface area contributed by atoms with Crippen LogP contribution >= 0.6 is 0 Å². The van der Waals surface area contributed by atoms with Crippen molar-refractivity contribution in [3.8, 4) is 17.0 Å². The van der Waals surface area contributed by atoms with Gasteiger partial charge in [-0.2, -0.15) is 13.2 Å². The maximum absolute atomic E-state index is 13.6. The van der Waals surface area contributed by atoms with Crippen molar-refractivity contribution < 1.29 is 31.1 Å². The molecule has 2 aromatic rings. The van der Waals surface area contributed by atoms with E-state index in [9.17, 15) is 21.6 Å². The van der Waals surface area contributed by atoms with Gasteiger partial charge in [-0.25, -0.2) is 13.4 Å². The molecule has 0 saturated heterocycles. The minimum atomic E-state index is -4.79. The van der Waals surface area contributed by atoms with Crippen LogP contribution in [-0.2, 0) is 20.8 Å². The molecule has 1 heterocycles. The van der Waals surface area contributed by atoms with Crippen LogP contribution in [0.3, 0.4) is 0 Å². The van der Waals surface area contributed by atoms with Gasteiger partial charge in [0, 0.05) is 25.1 Å². The van der Waals surface area contributed by atoms with Crippen molar-refractivity contribution in [3.05, 3.63) is 42.1 Å². The number of nitrogens with zero attached hydrogens (tertiary/aromatic N) is 1. The second kappa shape index (κ2) is 7.47. The van der Waals surface area contributed by atoms with Crippen molar-refractivity contribution in [3.63, 3.8) is 0 Å². The molecular weight excluding hydrogens is 383 g/mol. The van der Waals surface area contributed by atoms with E-state index >= 15 is 0 Å². The molecule has 1 aromatic heterocycles. The minimum absolute atomic E-state index is 0.0986. The molecule has 9 heteroatoms. The van der Waals surface area contributed by atoms with Gasteiger partial charge < -0.3 is 9.47 Å². The summed E-state index contributed by atoms with van der Waals surface area (Å²) in [5, 5.41) is 0. The normalized spacial score (nSPS) is 12.9. The quantitative estimate of drug-likeness (QED) is 0.730. The Bertz CT molecular complexity index is 910. The van der Waals surface area contributed by atoms with Gasteiger partial charge in [0.1, 0.15) is 11.5 Å². The third-order valence-corrected chi connectivity index (χ3v) is 4.97. The number of alkyl halides is 3. The van der Waals surface area contributed by atoms with Crippen molar-refractivity contribution in [2.75, 3.05) is 20.0 Å². The number of methoxy groups -OCH3 is 1. The second-order valence-electron chi connectivity index (χ2n) is 6.57. The summed E-state index contributed by atoms with van der Waals surface area (Å²) in [5.74, 6) is -0.394. The number of hydrogen-bond acceptors (Lipinski definition) is 5. The van der Waals surface area contributed by atoms with E-state index in [1.165, 1.54) is 31.4 Å². The highest BCUT2D eigenvalue weighted by Crippen LogP contribution is 2.43. The van der Waals surface area contributed by atoms with Crippen LogP contribution < -0.4 is 4.74 Å². The van der Waals surface area contributed by atoms with Crippen LogP contribution in [0.1, 0.15) is 19.4 Å². The van der Waals surface area contributed by atoms with Crippen molar-refractivity contribution in [2.45, 2.75) is 30.5 Å². The molecule has 5 nitrogen and oxygen atoms in total. The summed E-state index contributed by atoms with van der Waals surface area (Å²) in [5.41, 5.74) is -2.31. The van der Waals surface area contributed by atoms with Crippen molar-refractivity contribution in [1.82, 2.24) is 4.98 Å². The van der Waals surface area contributed by atoms with E-state index in [0.717, 1.165) is 6.26 Å². The average Bonchev–Trinajstić information content (AvgIpc) is 2.58. The molecule has 148 valence electrons. The van der Waals surface area contributed by atoms with Crippen molar-refractivity contribution >= 4 is 9.84 Å². The lowest BCUT2D eigenvalue weighted by molar-refractivity contribution is -0.137. The second-order valence-corrected chi connectivity index (χ2v) is 8.52. The lowest BCUT2D eigenvalue weighted by Gasteiger charge is -2.24. The maximum atomic E-state index is 13.6. The molecule has 0 aliphatic carbocycles. The number of benzene rings is 1. The molecule has 0 unspecified atom stereocenters. The van der Waals surface area contributed by atoms with E-state index in [1.54, 1.807) is 19.9 Å². The zero-order chi connectivity index (χ0) is 20.5. The maximum Gasteiger partial charge on any atom is 0.418 e. The Morgan fingerprint density at radius 3 is 2.19 bits per heavy atom. The Morgan fingerprint density at radius 2 is 1.70 bits per heavy atom. The van der Waals surface area contributed by atoms with Gasteiger partial charge in [-0.1, -0.05) is 30.3 Å². The van der Waals surface area contributed by atoms with Crippen LogP contribution in [0.25, 0.3) is 11.1 Å². The smallest absolute Gasteiger partial charge is 0.418 e. The summed E-state index contributed by atoms with van der Waals surface area (Å²) in [4.78, 5) is 3.06. The monoisotopic (exact) mass is 403 g/mol. The molecule has 0 bridgehead atoms. The molecule has 0 fully saturated rings. The molecule has 27 heavy (non-hydrogen) atoms. The van der Waals surface area contributed by atoms with Gasteiger partial charge in [-0.3, -0.25) is 0 Å². The Morgan fingerprint density at radius 1 is 1.11 bits per heavy atom. The van der Waals surface area contributed by atoms with Gasteiger partial charge in [-0.15, -0.1) is 0 Å². The van der Waals surface area contributed by atoms with Crippen LogP contribution in [-0.4, -0.2) is 39.0 Å². The largest absolute Gasteiger partial charge is 0.474 e. The third kappa shape index (κ3) is 4.98. The summed E-state index contributed by atoms with van der Waals surface area (Å²) in [6.45, 7) is 3.28. The summed E-state index contributed by atoms with van der Waals surface area (Å²) < 4.78 is 76.2. The number of hydrogen-bond donors (Lipinski definition) is 0. The van der Waals surface area contributed by atoms with E-state index in [4.69, 9.17) is 9.47 Å². The summed E-state index contributed by atoms with van der Waals surface area (Å²) in [6, 6.07) is 7.48. The molecule has 0 amide bonds. The predicted molar refractivity (Wildman–Crippen MR) is 94.4 cm³/mol. The Kier molecular flexibility index (Phi) is 5.86. The molecule has 0 radical (unpaired) electrons. The third-order valence-electron chi connectivity index (χ3n) is 3.85. The summed E-state index contributed by atoms with van der Waals surface area (Å²) >= 11 is 0. The molecule has 0 aliphatic heterocycles. The van der Waals surface area contributed by atoms with Crippen LogP contribution in [0, 0.1) is 0 Å². The molecule has 0 N–H and O–H groups in total. The van der Waals surface area contributed by atoms with Crippen LogP contribution in [0.4, 0.5) is 13.2 Å². The number of sulfone groups is 1. The van der Waals surface area contributed by atoms with E-state index in [2.05, 4.69) is 4.98 Å². The number of halogens is 3. The van der Waals surface area contributed by atoms with Crippen LogP contribution in [0.5, 0.6) is 5.88 Å². The van der Waals surface area contributed by atoms with Gasteiger partial charge in [0.15, 0.2) is 9.84 Å². The SMILES string of the molecule is COC(C)(C)COc1ncc(C(F)(F)F)c(-c2ccccc2)c1S(C)(=O)=O. The van der Waals surface area contributed by atoms with E-state index < -0.39 is 43.5 Å². The Hall–Kier alpha value is -2.13. The molecule has 2 rings (SSSR count). The average molecular weight is 403 g/mol. The van der Waals surface area contributed by atoms with Crippen molar-refractivity contribution in [2.24, 2.45) is 0 Å². The molecular formula is C18H20F3NO4S. The lowest BCUT2D eigenvalue weighted by Crippen LogP contribution is -2.31. The molecule has 0 spiro atoms. The predicted octanol–water partition coefficient (Wildman–Crippen LogP) is 3.97. The number of rotatable bonds is 6. The zero-order valence-electron chi connectivity index (χ0n) is 15.3. The fourth-order valence-corrected chi connectivity index (χ4v) is 3.36. The highest BCUT2D eigenvalue weighted by atomic mass is 32.2. The first kappa shape index (κ1) is 21.2. The molecule has 0 atom stereocenters. The van der Waals surface area contributed by atoms with Crippen LogP contribution in [0.15, 0.2) is 41.4 Å². The van der Waals surface area contributed by atoms with E-state index in [1.807, 2.05) is 0 Å². The fourth-order valence-electron chi connectivity index (χ4n) is 2.33. The minimum Gasteiger partial charge on any atom is -0.474 e. The van der Waals surface area contributed by atoms with Crippen LogP contribution in [0.2, 0.25) is 0 Å². The van der Waals surface area contributed by atoms with E-state index in [0.29, 0.717) is 6.20 Å². The lowest BCUT2D eigenvalue weighted by atomic mass is 10.0. The van der Waals surface area contributed by atoms with Crippen molar-refractivity contribution in [1.29, 1.82) is 0 Å². The highest BCUT2D eigenvalue weighted by molar-refractivity contribution is 7.91. The molecule has 0 saturated carbocycles. The molecule has 1 aromatic carbocycles. The topological polar surface area (TPSA) is 65.5 Å². The first-order chi connectivity index (χ1) is 12.4. The van der Waals surface area contributed by atoms with Gasteiger partial charge in [0.05, 0.1) is 11.2 Å². The number of ether oxygens (including phenoxy) is 2. The highest BCUT2D eigenvalue weighted by Gasteiger charge is 2.38.